The second-order valence-corrected chi connectivity index (χ2v) is 7.22. The number of fused-ring (bicyclic) bond motifs is 3. The van der Waals surface area contributed by atoms with Crippen LogP contribution in [0.2, 0.25) is 0 Å². The van der Waals surface area contributed by atoms with Gasteiger partial charge >= 0.3 is 0 Å². The fraction of sp³-hybridized carbons (Fsp3) is 0.174. The molecule has 2 aromatic carbocycles. The van der Waals surface area contributed by atoms with Crippen LogP contribution in [0.4, 0.5) is 0 Å². The number of imidazole rings is 1. The van der Waals surface area contributed by atoms with Crippen molar-refractivity contribution >= 4 is 11.6 Å². The third-order valence-corrected chi connectivity index (χ3v) is 5.28. The molecule has 0 bridgehead atoms. The third kappa shape index (κ3) is 3.29. The highest BCUT2D eigenvalue weighted by molar-refractivity contribution is 5.78. The van der Waals surface area contributed by atoms with E-state index in [-0.39, 0.29) is 12.3 Å². The summed E-state index contributed by atoms with van der Waals surface area (Å²) in [7, 11) is 0. The minimum Gasteiger partial charge on any atom is -0.457 e. The first-order valence-electron chi connectivity index (χ1n) is 9.79. The number of hydrogen-bond donors (Lipinski definition) is 1. The summed E-state index contributed by atoms with van der Waals surface area (Å²) >= 11 is 0. The Kier molecular flexibility index (Phi) is 4.45. The van der Waals surface area contributed by atoms with Gasteiger partial charge in [0.1, 0.15) is 23.6 Å². The quantitative estimate of drug-likeness (QED) is 0.565. The summed E-state index contributed by atoms with van der Waals surface area (Å²) in [5, 5.41) is 13.5. The molecule has 0 aliphatic carbocycles. The van der Waals surface area contributed by atoms with Gasteiger partial charge in [0.05, 0.1) is 24.0 Å². The summed E-state index contributed by atoms with van der Waals surface area (Å²) in [6.45, 7) is 1.08. The largest absolute Gasteiger partial charge is 0.457 e. The van der Waals surface area contributed by atoms with E-state index in [1.807, 2.05) is 71.2 Å². The lowest BCUT2D eigenvalue weighted by Crippen LogP contribution is -2.36. The van der Waals surface area contributed by atoms with Crippen LogP contribution in [0.15, 0.2) is 60.7 Å². The molecule has 1 aliphatic rings. The molecular weight excluding hydrogens is 378 g/mol. The molecule has 0 fully saturated rings. The number of aromatic nitrogens is 3. The van der Waals surface area contributed by atoms with Crippen molar-refractivity contribution in [3.05, 3.63) is 72.1 Å². The Morgan fingerprint density at radius 2 is 1.90 bits per heavy atom. The van der Waals surface area contributed by atoms with Gasteiger partial charge in [-0.1, -0.05) is 18.2 Å². The molecule has 0 saturated carbocycles. The van der Waals surface area contributed by atoms with Gasteiger partial charge in [0.25, 0.3) is 0 Å². The van der Waals surface area contributed by atoms with Crippen molar-refractivity contribution in [1.82, 2.24) is 19.5 Å². The van der Waals surface area contributed by atoms with Crippen LogP contribution in [0, 0.1) is 11.3 Å². The van der Waals surface area contributed by atoms with Crippen molar-refractivity contribution in [2.24, 2.45) is 0 Å². The van der Waals surface area contributed by atoms with Gasteiger partial charge in [0, 0.05) is 30.3 Å². The molecule has 7 nitrogen and oxygen atoms in total. The van der Waals surface area contributed by atoms with E-state index in [1.54, 1.807) is 4.90 Å². The van der Waals surface area contributed by atoms with E-state index in [9.17, 15) is 4.79 Å². The highest BCUT2D eigenvalue weighted by Crippen LogP contribution is 2.28. The van der Waals surface area contributed by atoms with Crippen molar-refractivity contribution in [2.75, 3.05) is 6.54 Å². The second-order valence-electron chi connectivity index (χ2n) is 7.22. The van der Waals surface area contributed by atoms with Gasteiger partial charge < -0.3 is 14.6 Å². The number of nitriles is 1. The van der Waals surface area contributed by atoms with E-state index in [0.717, 1.165) is 46.2 Å². The van der Waals surface area contributed by atoms with E-state index in [2.05, 4.69) is 4.98 Å². The predicted molar refractivity (Wildman–Crippen MR) is 111 cm³/mol. The van der Waals surface area contributed by atoms with Crippen molar-refractivity contribution in [2.45, 2.75) is 19.4 Å². The van der Waals surface area contributed by atoms with Crippen LogP contribution in [0.25, 0.3) is 16.9 Å². The Balaban J connectivity index is 1.39. The molecule has 3 heterocycles. The Hall–Kier alpha value is -4.05. The lowest BCUT2D eigenvalue weighted by molar-refractivity contribution is -0.131. The topological polar surface area (TPSA) is 86.4 Å². The molecule has 0 unspecified atom stereocenters. The Bertz CT molecular complexity index is 1250. The number of H-pyrrole nitrogens is 1. The first-order chi connectivity index (χ1) is 14.7. The zero-order chi connectivity index (χ0) is 20.5. The Morgan fingerprint density at radius 3 is 2.67 bits per heavy atom. The van der Waals surface area contributed by atoms with E-state index >= 15 is 0 Å². The van der Waals surface area contributed by atoms with Gasteiger partial charge in [0.15, 0.2) is 0 Å². The molecule has 0 radical (unpaired) electrons. The average Bonchev–Trinajstić information content (AvgIpc) is 3.33. The first-order valence-corrected chi connectivity index (χ1v) is 9.79. The van der Waals surface area contributed by atoms with Gasteiger partial charge in [-0.25, -0.2) is 4.52 Å². The second kappa shape index (κ2) is 7.41. The number of aromatic amines is 1. The number of ether oxygens (including phenoxy) is 1. The van der Waals surface area contributed by atoms with Crippen LogP contribution in [0.3, 0.4) is 0 Å². The molecule has 2 aromatic heterocycles. The number of para-hydroxylation sites is 1. The fourth-order valence-electron chi connectivity index (χ4n) is 3.76. The van der Waals surface area contributed by atoms with Crippen LogP contribution < -0.4 is 4.74 Å². The first kappa shape index (κ1) is 18.0. The predicted octanol–water partition coefficient (Wildman–Crippen LogP) is 3.92. The smallest absolute Gasteiger partial charge is 0.237 e. The number of nitrogens with one attached hydrogen (secondary N) is 1. The van der Waals surface area contributed by atoms with E-state index in [4.69, 9.17) is 15.1 Å². The summed E-state index contributed by atoms with van der Waals surface area (Å²) < 4.78 is 7.72. The molecule has 0 saturated heterocycles. The number of amides is 1. The minimum absolute atomic E-state index is 0.0926. The molecule has 1 N–H and O–H groups in total. The Morgan fingerprint density at radius 1 is 1.13 bits per heavy atom. The molecule has 30 heavy (non-hydrogen) atoms. The van der Waals surface area contributed by atoms with E-state index < -0.39 is 0 Å². The zero-order valence-electron chi connectivity index (χ0n) is 16.2. The molecule has 0 spiro atoms. The van der Waals surface area contributed by atoms with Gasteiger partial charge in [-0.05, 0) is 36.4 Å². The van der Waals surface area contributed by atoms with Crippen molar-refractivity contribution in [1.29, 1.82) is 5.26 Å². The standard InChI is InChI=1S/C23H19N5O2/c24-12-10-23(29)27-13-11-19-21(15-27)28-22(25-19)14-20(26-28)16-6-8-18(9-7-16)30-17-4-2-1-3-5-17/h1-9,14,25H,10-11,13,15H2. The highest BCUT2D eigenvalue weighted by atomic mass is 16.5. The highest BCUT2D eigenvalue weighted by Gasteiger charge is 2.25. The monoisotopic (exact) mass is 397 g/mol. The number of benzene rings is 2. The van der Waals surface area contributed by atoms with E-state index in [1.165, 1.54) is 0 Å². The molecule has 7 heteroatoms. The van der Waals surface area contributed by atoms with Gasteiger partial charge in [-0.2, -0.15) is 10.4 Å². The van der Waals surface area contributed by atoms with Crippen LogP contribution in [-0.2, 0) is 17.8 Å². The SMILES string of the molecule is N#CCC(=O)N1CCc2[nH]c3cc(-c4ccc(Oc5ccccc5)cc4)nn3c2C1. The molecule has 4 aromatic rings. The van der Waals surface area contributed by atoms with Gasteiger partial charge in [-0.15, -0.1) is 0 Å². The number of carbonyl (C=O) groups excluding carboxylic acids is 1. The number of nitrogens with zero attached hydrogens (tertiary/aromatic N) is 4. The average molecular weight is 397 g/mol. The van der Waals surface area contributed by atoms with Crippen LogP contribution in [0.5, 0.6) is 11.5 Å². The molecule has 1 aliphatic heterocycles. The number of hydrogen-bond acceptors (Lipinski definition) is 4. The number of carbonyl (C=O) groups is 1. The normalized spacial score (nSPS) is 13.1. The summed E-state index contributed by atoms with van der Waals surface area (Å²) in [6, 6.07) is 21.4. The van der Waals surface area contributed by atoms with Crippen molar-refractivity contribution in [3.8, 4) is 28.8 Å². The van der Waals surface area contributed by atoms with Crippen LogP contribution >= 0.6 is 0 Å². The summed E-state index contributed by atoms with van der Waals surface area (Å²) in [4.78, 5) is 17.2. The molecule has 148 valence electrons. The zero-order valence-corrected chi connectivity index (χ0v) is 16.2. The fourth-order valence-corrected chi connectivity index (χ4v) is 3.76. The molecular formula is C23H19N5O2. The molecule has 0 atom stereocenters. The third-order valence-electron chi connectivity index (χ3n) is 5.28. The summed E-state index contributed by atoms with van der Waals surface area (Å²) in [5.41, 5.74) is 4.79. The summed E-state index contributed by atoms with van der Waals surface area (Å²) in [5.74, 6) is 1.42. The lowest BCUT2D eigenvalue weighted by Gasteiger charge is -2.25. The van der Waals surface area contributed by atoms with E-state index in [0.29, 0.717) is 13.1 Å². The molecule has 1 amide bonds. The lowest BCUT2D eigenvalue weighted by atomic mass is 10.1. The van der Waals surface area contributed by atoms with Crippen LogP contribution in [-0.4, -0.2) is 31.9 Å². The maximum atomic E-state index is 12.1. The molecule has 5 rings (SSSR count). The van der Waals surface area contributed by atoms with Crippen LogP contribution in [0.1, 0.15) is 17.8 Å². The van der Waals surface area contributed by atoms with Crippen molar-refractivity contribution in [3.63, 3.8) is 0 Å². The number of rotatable bonds is 4. The van der Waals surface area contributed by atoms with Crippen molar-refractivity contribution < 1.29 is 9.53 Å². The summed E-state index contributed by atoms with van der Waals surface area (Å²) in [6.07, 6.45) is 0.640. The maximum absolute atomic E-state index is 12.1. The van der Waals surface area contributed by atoms with Gasteiger partial charge in [0.2, 0.25) is 5.91 Å². The maximum Gasteiger partial charge on any atom is 0.237 e. The van der Waals surface area contributed by atoms with Gasteiger partial charge in [-0.3, -0.25) is 4.79 Å². The Labute approximate surface area is 173 Å². The minimum atomic E-state index is -0.140.